The molecule has 0 fully saturated rings. The van der Waals surface area contributed by atoms with E-state index in [2.05, 4.69) is 4.98 Å². The van der Waals surface area contributed by atoms with Crippen LogP contribution in [0, 0.1) is 0 Å². The second-order valence-electron chi connectivity index (χ2n) is 4.28. The van der Waals surface area contributed by atoms with Gasteiger partial charge in [-0.25, -0.2) is 4.98 Å². The molecule has 96 valence electrons. The Morgan fingerprint density at radius 3 is 2.84 bits per heavy atom. The van der Waals surface area contributed by atoms with Crippen LogP contribution in [-0.4, -0.2) is 21.7 Å². The highest BCUT2D eigenvalue weighted by Gasteiger charge is 2.30. The molecule has 1 aromatic heterocycles. The van der Waals surface area contributed by atoms with Crippen molar-refractivity contribution >= 4 is 28.3 Å². The first kappa shape index (κ1) is 11.9. The van der Waals surface area contributed by atoms with Crippen molar-refractivity contribution in [2.45, 2.75) is 13.0 Å². The molecule has 0 bridgehead atoms. The van der Waals surface area contributed by atoms with Gasteiger partial charge in [0.05, 0.1) is 13.0 Å². The lowest BCUT2D eigenvalue weighted by Gasteiger charge is -2.26. The van der Waals surface area contributed by atoms with Crippen LogP contribution in [0.3, 0.4) is 0 Å². The smallest absolute Gasteiger partial charge is 0.261 e. The first-order chi connectivity index (χ1) is 9.15. The van der Waals surface area contributed by atoms with Crippen LogP contribution in [0.15, 0.2) is 30.5 Å². The average molecular weight is 273 g/mol. The highest BCUT2D eigenvalue weighted by atomic mass is 32.1. The summed E-state index contributed by atoms with van der Waals surface area (Å²) in [4.78, 5) is 30.3. The molecule has 2 amide bonds. The van der Waals surface area contributed by atoms with E-state index in [0.29, 0.717) is 10.7 Å². The molecule has 6 heteroatoms. The lowest BCUT2D eigenvalue weighted by molar-refractivity contribution is -0.128. The second kappa shape index (κ2) is 4.47. The fraction of sp³-hybridized carbons (Fsp3) is 0.154. The summed E-state index contributed by atoms with van der Waals surface area (Å²) in [5.41, 5.74) is 6.93. The van der Waals surface area contributed by atoms with E-state index in [1.54, 1.807) is 18.3 Å². The number of nitrogens with two attached hydrogens (primary N) is 1. The van der Waals surface area contributed by atoms with E-state index in [9.17, 15) is 9.59 Å². The predicted molar refractivity (Wildman–Crippen MR) is 71.6 cm³/mol. The lowest BCUT2D eigenvalue weighted by Crippen LogP contribution is -2.41. The van der Waals surface area contributed by atoms with Crippen molar-refractivity contribution in [2.24, 2.45) is 0 Å². The van der Waals surface area contributed by atoms with Crippen LogP contribution in [0.4, 0.5) is 5.13 Å². The Labute approximate surface area is 113 Å². The van der Waals surface area contributed by atoms with E-state index < -0.39 is 0 Å². The number of fused-ring (bicyclic) bond motifs is 1. The Balaban J connectivity index is 1.91. The van der Waals surface area contributed by atoms with E-state index in [1.807, 2.05) is 12.1 Å². The number of imide groups is 1. The van der Waals surface area contributed by atoms with Crippen molar-refractivity contribution in [1.29, 1.82) is 0 Å². The minimum absolute atomic E-state index is 0.185. The topological polar surface area (TPSA) is 76.3 Å². The molecule has 0 saturated carbocycles. The maximum Gasteiger partial charge on any atom is 0.261 e. The largest absolute Gasteiger partial charge is 0.375 e. The molecule has 19 heavy (non-hydrogen) atoms. The number of benzene rings is 1. The monoisotopic (exact) mass is 273 g/mol. The number of rotatable bonds is 2. The van der Waals surface area contributed by atoms with Gasteiger partial charge in [-0.3, -0.25) is 14.5 Å². The van der Waals surface area contributed by atoms with Crippen LogP contribution in [-0.2, 0) is 17.8 Å². The second-order valence-corrected chi connectivity index (χ2v) is 5.43. The van der Waals surface area contributed by atoms with E-state index >= 15 is 0 Å². The Morgan fingerprint density at radius 1 is 1.32 bits per heavy atom. The zero-order valence-electron chi connectivity index (χ0n) is 10.00. The third kappa shape index (κ3) is 2.10. The molecular formula is C13H11N3O2S. The number of nitrogen functional groups attached to an aromatic ring is 1. The predicted octanol–water partition coefficient (Wildman–Crippen LogP) is 1.45. The molecule has 2 aromatic rings. The Hall–Kier alpha value is -2.21. The van der Waals surface area contributed by atoms with E-state index in [4.69, 9.17) is 5.73 Å². The maximum absolute atomic E-state index is 12.3. The molecule has 0 radical (unpaired) electrons. The van der Waals surface area contributed by atoms with Crippen LogP contribution in [0.1, 0.15) is 20.8 Å². The van der Waals surface area contributed by atoms with E-state index in [0.717, 1.165) is 10.4 Å². The summed E-state index contributed by atoms with van der Waals surface area (Å²) in [6.07, 6.45) is 1.86. The molecule has 0 unspecified atom stereocenters. The van der Waals surface area contributed by atoms with Gasteiger partial charge in [0.15, 0.2) is 5.13 Å². The highest BCUT2D eigenvalue weighted by molar-refractivity contribution is 7.15. The molecule has 0 spiro atoms. The number of aromatic nitrogens is 1. The first-order valence-corrected chi connectivity index (χ1v) is 6.59. The summed E-state index contributed by atoms with van der Waals surface area (Å²) in [6.45, 7) is 0.237. The molecule has 5 nitrogen and oxygen atoms in total. The van der Waals surface area contributed by atoms with Crippen LogP contribution < -0.4 is 5.73 Å². The van der Waals surface area contributed by atoms with Crippen molar-refractivity contribution in [2.75, 3.05) is 5.73 Å². The number of hydrogen-bond donors (Lipinski definition) is 1. The van der Waals surface area contributed by atoms with Gasteiger partial charge in [0, 0.05) is 16.6 Å². The summed E-state index contributed by atoms with van der Waals surface area (Å²) in [5, 5.41) is 0.437. The number of carbonyl (C=O) groups excluding carboxylic acids is 2. The first-order valence-electron chi connectivity index (χ1n) is 5.78. The van der Waals surface area contributed by atoms with Gasteiger partial charge in [0.25, 0.3) is 5.91 Å². The van der Waals surface area contributed by atoms with Crippen LogP contribution in [0.25, 0.3) is 0 Å². The van der Waals surface area contributed by atoms with Gasteiger partial charge in [-0.05, 0) is 11.6 Å². The van der Waals surface area contributed by atoms with Crippen molar-refractivity contribution in [3.05, 3.63) is 46.5 Å². The van der Waals surface area contributed by atoms with Crippen molar-refractivity contribution in [3.63, 3.8) is 0 Å². The minimum atomic E-state index is -0.251. The van der Waals surface area contributed by atoms with Crippen LogP contribution in [0.2, 0.25) is 0 Å². The number of hydrogen-bond acceptors (Lipinski definition) is 5. The lowest BCUT2D eigenvalue weighted by atomic mass is 9.98. The molecule has 2 heterocycles. The Bertz CT molecular complexity index is 665. The summed E-state index contributed by atoms with van der Waals surface area (Å²) < 4.78 is 0. The number of thiazole rings is 1. The number of carbonyl (C=O) groups is 2. The van der Waals surface area contributed by atoms with Crippen LogP contribution in [0.5, 0.6) is 0 Å². The zero-order chi connectivity index (χ0) is 13.4. The normalized spacial score (nSPS) is 14.6. The standard InChI is InChI=1S/C13H11N3O2S/c14-13-15-6-9(19-13)7-16-11(17)5-8-3-1-2-4-10(8)12(16)18/h1-4,6H,5,7H2,(H2,14,15). The molecular weight excluding hydrogens is 262 g/mol. The number of amides is 2. The third-order valence-corrected chi connectivity index (χ3v) is 3.83. The fourth-order valence-electron chi connectivity index (χ4n) is 2.11. The SMILES string of the molecule is Nc1ncc(CN2C(=O)Cc3ccccc3C2=O)s1. The fourth-order valence-corrected chi connectivity index (χ4v) is 2.78. The molecule has 0 aliphatic carbocycles. The summed E-state index contributed by atoms with van der Waals surface area (Å²) in [7, 11) is 0. The summed E-state index contributed by atoms with van der Waals surface area (Å²) in [6, 6.07) is 7.19. The number of nitrogens with zero attached hydrogens (tertiary/aromatic N) is 2. The zero-order valence-corrected chi connectivity index (χ0v) is 10.8. The van der Waals surface area contributed by atoms with E-state index in [-0.39, 0.29) is 24.8 Å². The minimum Gasteiger partial charge on any atom is -0.375 e. The van der Waals surface area contributed by atoms with Gasteiger partial charge < -0.3 is 5.73 Å². The van der Waals surface area contributed by atoms with Crippen molar-refractivity contribution < 1.29 is 9.59 Å². The highest BCUT2D eigenvalue weighted by Crippen LogP contribution is 2.23. The van der Waals surface area contributed by atoms with Gasteiger partial charge in [-0.15, -0.1) is 11.3 Å². The molecule has 1 aliphatic heterocycles. The Kier molecular flexibility index (Phi) is 2.79. The quantitative estimate of drug-likeness (QED) is 0.840. The van der Waals surface area contributed by atoms with Gasteiger partial charge in [-0.1, -0.05) is 18.2 Å². The van der Waals surface area contributed by atoms with E-state index in [1.165, 1.54) is 16.2 Å². The number of anilines is 1. The van der Waals surface area contributed by atoms with Crippen molar-refractivity contribution in [1.82, 2.24) is 9.88 Å². The molecule has 0 atom stereocenters. The average Bonchev–Trinajstić information content (AvgIpc) is 2.80. The Morgan fingerprint density at radius 2 is 2.11 bits per heavy atom. The van der Waals surface area contributed by atoms with Crippen molar-refractivity contribution in [3.8, 4) is 0 Å². The third-order valence-electron chi connectivity index (χ3n) is 3.02. The summed E-state index contributed by atoms with van der Waals surface area (Å²) in [5.74, 6) is -0.436. The molecule has 1 aromatic carbocycles. The van der Waals surface area contributed by atoms with Gasteiger partial charge in [0.2, 0.25) is 5.91 Å². The molecule has 2 N–H and O–H groups in total. The van der Waals surface area contributed by atoms with Crippen LogP contribution >= 0.6 is 11.3 Å². The molecule has 0 saturated heterocycles. The summed E-state index contributed by atoms with van der Waals surface area (Å²) >= 11 is 1.29. The molecule has 3 rings (SSSR count). The van der Waals surface area contributed by atoms with Gasteiger partial charge >= 0.3 is 0 Å². The van der Waals surface area contributed by atoms with Gasteiger partial charge in [-0.2, -0.15) is 0 Å². The molecule has 1 aliphatic rings. The van der Waals surface area contributed by atoms with Gasteiger partial charge in [0.1, 0.15) is 0 Å². The maximum atomic E-state index is 12.3.